The zero-order valence-electron chi connectivity index (χ0n) is 15.6. The van der Waals surface area contributed by atoms with Crippen LogP contribution < -0.4 is 10.6 Å². The van der Waals surface area contributed by atoms with Gasteiger partial charge in [0.15, 0.2) is 0 Å². The van der Waals surface area contributed by atoms with Crippen LogP contribution in [-0.2, 0) is 4.79 Å². The van der Waals surface area contributed by atoms with Gasteiger partial charge in [0.05, 0.1) is 0 Å². The number of piperazine rings is 1. The Kier molecular flexibility index (Phi) is 5.49. The molecule has 1 aliphatic carbocycles. The summed E-state index contributed by atoms with van der Waals surface area (Å²) in [4.78, 5) is 26.7. The molecule has 1 aliphatic heterocycles. The molecule has 2 fully saturated rings. The number of nitrogens with one attached hydrogen (secondary N) is 2. The number of carbonyl (C=O) groups excluding carboxylic acids is 2. The summed E-state index contributed by atoms with van der Waals surface area (Å²) in [6.07, 6.45) is 4.58. The van der Waals surface area contributed by atoms with Crippen molar-refractivity contribution in [3.63, 3.8) is 0 Å². The van der Waals surface area contributed by atoms with Crippen molar-refractivity contribution in [2.45, 2.75) is 45.6 Å². The molecule has 142 valence electrons. The van der Waals surface area contributed by atoms with Crippen LogP contribution in [0.25, 0.3) is 0 Å². The van der Waals surface area contributed by atoms with Gasteiger partial charge in [-0.2, -0.15) is 0 Å². The van der Waals surface area contributed by atoms with E-state index in [4.69, 9.17) is 0 Å². The van der Waals surface area contributed by atoms with Crippen molar-refractivity contribution in [2.75, 3.05) is 19.6 Å². The molecule has 0 spiro atoms. The maximum absolute atomic E-state index is 13.6. The number of benzene rings is 1. The van der Waals surface area contributed by atoms with Crippen LogP contribution in [-0.4, -0.2) is 36.5 Å². The first kappa shape index (κ1) is 18.7. The fraction of sp³-hybridized carbons (Fsp3) is 0.600. The molecule has 26 heavy (non-hydrogen) atoms. The monoisotopic (exact) mass is 361 g/mol. The molecule has 0 aromatic heterocycles. The van der Waals surface area contributed by atoms with Crippen LogP contribution >= 0.6 is 0 Å². The first-order valence-corrected chi connectivity index (χ1v) is 9.48. The number of nitrogens with zero attached hydrogens (tertiary/aromatic N) is 1. The predicted molar refractivity (Wildman–Crippen MR) is 98.0 cm³/mol. The molecule has 6 heteroatoms. The molecular formula is C20H28FN3O2. The lowest BCUT2D eigenvalue weighted by molar-refractivity contribution is -0.127. The minimum absolute atomic E-state index is 0.191. The smallest absolute Gasteiger partial charge is 0.318 e. The van der Waals surface area contributed by atoms with E-state index in [0.717, 1.165) is 19.3 Å². The zero-order valence-corrected chi connectivity index (χ0v) is 15.6. The topological polar surface area (TPSA) is 61.4 Å². The second kappa shape index (κ2) is 7.64. The van der Waals surface area contributed by atoms with Gasteiger partial charge in [-0.15, -0.1) is 0 Å². The fourth-order valence-corrected chi connectivity index (χ4v) is 4.25. The maximum Gasteiger partial charge on any atom is 0.318 e. The molecule has 0 radical (unpaired) electrons. The summed E-state index contributed by atoms with van der Waals surface area (Å²) in [5.74, 6) is -0.0860. The number of hydrogen-bond acceptors (Lipinski definition) is 2. The van der Waals surface area contributed by atoms with Gasteiger partial charge in [-0.25, -0.2) is 9.18 Å². The van der Waals surface area contributed by atoms with Crippen LogP contribution in [0.5, 0.6) is 0 Å². The zero-order chi connectivity index (χ0) is 18.7. The lowest BCUT2D eigenvalue weighted by Gasteiger charge is -2.44. The Morgan fingerprint density at radius 1 is 1.42 bits per heavy atom. The molecule has 1 saturated heterocycles. The van der Waals surface area contributed by atoms with Crippen LogP contribution in [0.15, 0.2) is 24.3 Å². The average molecular weight is 361 g/mol. The summed E-state index contributed by atoms with van der Waals surface area (Å²) in [6.45, 7) is 5.87. The Labute approximate surface area is 154 Å². The number of carbonyl (C=O) groups is 2. The van der Waals surface area contributed by atoms with E-state index in [-0.39, 0.29) is 17.4 Å². The second-order valence-corrected chi connectivity index (χ2v) is 8.05. The Balaban J connectivity index is 1.71. The molecule has 3 amide bonds. The normalized spacial score (nSPS) is 21.9. The highest BCUT2D eigenvalue weighted by Crippen LogP contribution is 2.45. The molecule has 3 rings (SSSR count). The number of urea groups is 1. The van der Waals surface area contributed by atoms with E-state index in [1.165, 1.54) is 23.5 Å². The van der Waals surface area contributed by atoms with Crippen LogP contribution in [0, 0.1) is 17.2 Å². The number of rotatable bonds is 5. The van der Waals surface area contributed by atoms with Crippen molar-refractivity contribution in [1.82, 2.24) is 15.5 Å². The second-order valence-electron chi connectivity index (χ2n) is 8.05. The van der Waals surface area contributed by atoms with Gasteiger partial charge in [-0.3, -0.25) is 4.79 Å². The van der Waals surface area contributed by atoms with Crippen molar-refractivity contribution in [3.8, 4) is 0 Å². The third-order valence-corrected chi connectivity index (χ3v) is 5.51. The van der Waals surface area contributed by atoms with Gasteiger partial charge in [-0.05, 0) is 48.3 Å². The molecule has 0 bridgehead atoms. The highest BCUT2D eigenvalue weighted by molar-refractivity contribution is 5.89. The minimum Gasteiger partial charge on any atom is -0.352 e. The standard InChI is InChI=1S/C20H28FN3O2/c1-14(2)12-20(7-4-8-20)13-23-19(26)24-10-9-22-18(25)17(24)15-5-3-6-16(21)11-15/h3,5-6,11,14,17H,4,7-10,12-13H2,1-2H3,(H,22,25)(H,23,26)/t17-/m0/s1. The van der Waals surface area contributed by atoms with E-state index in [2.05, 4.69) is 24.5 Å². The molecule has 1 atom stereocenters. The van der Waals surface area contributed by atoms with Gasteiger partial charge in [0.25, 0.3) is 0 Å². The first-order valence-electron chi connectivity index (χ1n) is 9.48. The highest BCUT2D eigenvalue weighted by Gasteiger charge is 2.39. The summed E-state index contributed by atoms with van der Waals surface area (Å²) in [6, 6.07) is 4.87. The van der Waals surface area contributed by atoms with E-state index in [1.807, 2.05) is 0 Å². The molecule has 1 aromatic rings. The van der Waals surface area contributed by atoms with Crippen molar-refractivity contribution in [1.29, 1.82) is 0 Å². The molecule has 2 N–H and O–H groups in total. The summed E-state index contributed by atoms with van der Waals surface area (Å²) in [5.41, 5.74) is 0.689. The SMILES string of the molecule is CC(C)CC1(CNC(=O)N2CCNC(=O)[C@@H]2c2cccc(F)c2)CCC1. The van der Waals surface area contributed by atoms with Gasteiger partial charge >= 0.3 is 6.03 Å². The van der Waals surface area contributed by atoms with Crippen LogP contribution in [0.1, 0.15) is 51.1 Å². The quantitative estimate of drug-likeness (QED) is 0.846. The third-order valence-electron chi connectivity index (χ3n) is 5.51. The Morgan fingerprint density at radius 3 is 2.81 bits per heavy atom. The average Bonchev–Trinajstić information content (AvgIpc) is 2.56. The largest absolute Gasteiger partial charge is 0.352 e. The van der Waals surface area contributed by atoms with Gasteiger partial charge in [0, 0.05) is 19.6 Å². The number of hydrogen-bond donors (Lipinski definition) is 2. The van der Waals surface area contributed by atoms with Gasteiger partial charge < -0.3 is 15.5 Å². The van der Waals surface area contributed by atoms with Crippen LogP contribution in [0.2, 0.25) is 0 Å². The lowest BCUT2D eigenvalue weighted by atomic mass is 9.64. The summed E-state index contributed by atoms with van der Waals surface area (Å²) < 4.78 is 13.6. The molecule has 1 aromatic carbocycles. The first-order chi connectivity index (χ1) is 12.4. The van der Waals surface area contributed by atoms with Crippen molar-refractivity contribution in [3.05, 3.63) is 35.6 Å². The van der Waals surface area contributed by atoms with E-state index in [1.54, 1.807) is 12.1 Å². The van der Waals surface area contributed by atoms with E-state index >= 15 is 0 Å². The van der Waals surface area contributed by atoms with E-state index < -0.39 is 11.9 Å². The highest BCUT2D eigenvalue weighted by atomic mass is 19.1. The number of halogens is 1. The third kappa shape index (κ3) is 4.00. The van der Waals surface area contributed by atoms with Crippen molar-refractivity contribution >= 4 is 11.9 Å². The van der Waals surface area contributed by atoms with Crippen LogP contribution in [0.4, 0.5) is 9.18 Å². The van der Waals surface area contributed by atoms with Crippen molar-refractivity contribution < 1.29 is 14.0 Å². The van der Waals surface area contributed by atoms with Crippen molar-refractivity contribution in [2.24, 2.45) is 11.3 Å². The Bertz CT molecular complexity index is 673. The van der Waals surface area contributed by atoms with Gasteiger partial charge in [-0.1, -0.05) is 32.4 Å². The van der Waals surface area contributed by atoms with E-state index in [0.29, 0.717) is 31.1 Å². The van der Waals surface area contributed by atoms with Crippen LogP contribution in [0.3, 0.4) is 0 Å². The maximum atomic E-state index is 13.6. The Hall–Kier alpha value is -2.11. The fourth-order valence-electron chi connectivity index (χ4n) is 4.25. The molecular weight excluding hydrogens is 333 g/mol. The molecule has 2 aliphatic rings. The lowest BCUT2D eigenvalue weighted by Crippen LogP contribution is -2.56. The summed E-state index contributed by atoms with van der Waals surface area (Å²) in [5, 5.41) is 5.82. The molecule has 5 nitrogen and oxygen atoms in total. The van der Waals surface area contributed by atoms with Gasteiger partial charge in [0.1, 0.15) is 11.9 Å². The molecule has 1 saturated carbocycles. The van der Waals surface area contributed by atoms with Gasteiger partial charge in [0.2, 0.25) is 5.91 Å². The van der Waals surface area contributed by atoms with E-state index in [9.17, 15) is 14.0 Å². The number of amides is 3. The predicted octanol–water partition coefficient (Wildman–Crippen LogP) is 3.22. The molecule has 1 heterocycles. The summed E-state index contributed by atoms with van der Waals surface area (Å²) in [7, 11) is 0. The Morgan fingerprint density at radius 2 is 2.19 bits per heavy atom. The molecule has 0 unspecified atom stereocenters. The minimum atomic E-state index is -0.790. The summed E-state index contributed by atoms with van der Waals surface area (Å²) >= 11 is 0.